The lowest BCUT2D eigenvalue weighted by Gasteiger charge is -2.39. The van der Waals surface area contributed by atoms with Crippen LogP contribution in [0.1, 0.15) is 53.9 Å². The van der Waals surface area contributed by atoms with Crippen LogP contribution in [0.2, 0.25) is 5.02 Å². The van der Waals surface area contributed by atoms with Gasteiger partial charge in [0.2, 0.25) is 0 Å². The number of nitrogens with zero attached hydrogens (tertiary/aromatic N) is 1. The highest BCUT2D eigenvalue weighted by molar-refractivity contribution is 6.30. The summed E-state index contributed by atoms with van der Waals surface area (Å²) in [5, 5.41) is 11.2. The lowest BCUT2D eigenvalue weighted by atomic mass is 9.99. The molecule has 0 aliphatic carbocycles. The Kier molecular flexibility index (Phi) is 14.2. The molecule has 0 saturated heterocycles. The predicted molar refractivity (Wildman–Crippen MR) is 116 cm³/mol. The van der Waals surface area contributed by atoms with Crippen LogP contribution in [-0.2, 0) is 0 Å². The summed E-state index contributed by atoms with van der Waals surface area (Å²) in [6.07, 6.45) is 5.46. The normalized spacial score (nSPS) is 13.4. The second-order valence-electron chi connectivity index (χ2n) is 8.05. The SMILES string of the molecule is CC[N+](CC)(CCC(C)CCC=C(C)C)CC(O)COc1ccc(Cl)cc1.[Br-]. The first-order chi connectivity index (χ1) is 12.8. The first kappa shape index (κ1) is 27.5. The molecule has 0 saturated carbocycles. The van der Waals surface area contributed by atoms with Gasteiger partial charge in [-0.2, -0.15) is 0 Å². The fourth-order valence-electron chi connectivity index (χ4n) is 3.41. The number of aliphatic hydroxyl groups excluding tert-OH is 1. The summed E-state index contributed by atoms with van der Waals surface area (Å²) in [4.78, 5) is 0. The molecule has 0 aromatic heterocycles. The molecule has 2 atom stereocenters. The molecular weight excluding hydrogens is 438 g/mol. The van der Waals surface area contributed by atoms with Crippen molar-refractivity contribution in [2.75, 3.05) is 32.8 Å². The Labute approximate surface area is 188 Å². The summed E-state index contributed by atoms with van der Waals surface area (Å²) >= 11 is 5.90. The molecular formula is C23H39BrClNO2. The number of ether oxygens (including phenoxy) is 1. The third-order valence-electron chi connectivity index (χ3n) is 5.50. The molecule has 1 aromatic rings. The van der Waals surface area contributed by atoms with E-state index in [0.29, 0.717) is 17.5 Å². The van der Waals surface area contributed by atoms with Crippen LogP contribution in [0.25, 0.3) is 0 Å². The lowest BCUT2D eigenvalue weighted by Crippen LogP contribution is -3.00. The van der Waals surface area contributed by atoms with Gasteiger partial charge in [0, 0.05) is 5.02 Å². The molecule has 1 N–H and O–H groups in total. The molecule has 0 heterocycles. The number of aliphatic hydroxyl groups is 1. The van der Waals surface area contributed by atoms with E-state index in [4.69, 9.17) is 16.3 Å². The van der Waals surface area contributed by atoms with E-state index in [1.807, 2.05) is 12.1 Å². The molecule has 3 nitrogen and oxygen atoms in total. The highest BCUT2D eigenvalue weighted by Crippen LogP contribution is 2.19. The van der Waals surface area contributed by atoms with E-state index in [1.165, 1.54) is 24.8 Å². The van der Waals surface area contributed by atoms with Crippen molar-refractivity contribution in [3.63, 3.8) is 0 Å². The van der Waals surface area contributed by atoms with E-state index in [2.05, 4.69) is 40.7 Å². The molecule has 1 rings (SSSR count). The van der Waals surface area contributed by atoms with Crippen molar-refractivity contribution < 1.29 is 31.3 Å². The van der Waals surface area contributed by atoms with Gasteiger partial charge in [-0.25, -0.2) is 0 Å². The molecule has 0 bridgehead atoms. The number of hydrogen-bond acceptors (Lipinski definition) is 2. The highest BCUT2D eigenvalue weighted by Gasteiger charge is 2.27. The maximum absolute atomic E-state index is 10.6. The van der Waals surface area contributed by atoms with Crippen molar-refractivity contribution in [2.24, 2.45) is 5.92 Å². The van der Waals surface area contributed by atoms with Crippen molar-refractivity contribution in [2.45, 2.75) is 60.0 Å². The summed E-state index contributed by atoms with van der Waals surface area (Å²) in [5.74, 6) is 1.45. The zero-order valence-corrected chi connectivity index (χ0v) is 20.6. The smallest absolute Gasteiger partial charge is 0.137 e. The highest BCUT2D eigenvalue weighted by atomic mass is 79.9. The first-order valence-corrected chi connectivity index (χ1v) is 10.7. The molecule has 0 radical (unpaired) electrons. The van der Waals surface area contributed by atoms with Crippen LogP contribution < -0.4 is 21.7 Å². The monoisotopic (exact) mass is 475 g/mol. The summed E-state index contributed by atoms with van der Waals surface area (Å²) in [6, 6.07) is 7.28. The minimum absolute atomic E-state index is 0. The van der Waals surface area contributed by atoms with E-state index in [0.717, 1.165) is 36.4 Å². The van der Waals surface area contributed by atoms with Gasteiger partial charge in [-0.3, -0.25) is 0 Å². The third-order valence-corrected chi connectivity index (χ3v) is 5.76. The predicted octanol–water partition coefficient (Wildman–Crippen LogP) is 2.71. The second-order valence-corrected chi connectivity index (χ2v) is 8.49. The van der Waals surface area contributed by atoms with Crippen LogP contribution in [0.5, 0.6) is 5.75 Å². The van der Waals surface area contributed by atoms with Crippen molar-refractivity contribution in [1.82, 2.24) is 0 Å². The van der Waals surface area contributed by atoms with Crippen molar-refractivity contribution >= 4 is 11.6 Å². The van der Waals surface area contributed by atoms with Crippen LogP contribution in [0.4, 0.5) is 0 Å². The summed E-state index contributed by atoms with van der Waals surface area (Å²) in [7, 11) is 0. The van der Waals surface area contributed by atoms with Crippen LogP contribution in [-0.4, -0.2) is 48.5 Å². The van der Waals surface area contributed by atoms with E-state index in [1.54, 1.807) is 12.1 Å². The van der Waals surface area contributed by atoms with Crippen molar-refractivity contribution in [1.29, 1.82) is 0 Å². The fraction of sp³-hybridized carbons (Fsp3) is 0.652. The summed E-state index contributed by atoms with van der Waals surface area (Å²) in [6.45, 7) is 15.4. The number of allylic oxidation sites excluding steroid dienone is 2. The number of likely N-dealkylation sites (N-methyl/N-ethyl adjacent to an activating group) is 1. The van der Waals surface area contributed by atoms with E-state index in [9.17, 15) is 5.11 Å². The van der Waals surface area contributed by atoms with Crippen LogP contribution in [0.15, 0.2) is 35.9 Å². The molecule has 28 heavy (non-hydrogen) atoms. The van der Waals surface area contributed by atoms with Crippen LogP contribution in [0.3, 0.4) is 0 Å². The van der Waals surface area contributed by atoms with Crippen molar-refractivity contribution in [3.05, 3.63) is 40.9 Å². The molecule has 0 aliphatic rings. The zero-order chi connectivity index (χ0) is 20.3. The number of quaternary nitrogens is 1. The third kappa shape index (κ3) is 10.8. The number of rotatable bonds is 13. The van der Waals surface area contributed by atoms with Crippen LogP contribution in [0, 0.1) is 5.92 Å². The van der Waals surface area contributed by atoms with Gasteiger partial charge in [0.1, 0.15) is 25.0 Å². The summed E-state index contributed by atoms with van der Waals surface area (Å²) < 4.78 is 6.68. The van der Waals surface area contributed by atoms with Gasteiger partial charge >= 0.3 is 0 Å². The van der Waals surface area contributed by atoms with E-state index < -0.39 is 6.10 Å². The Hall–Kier alpha value is -0.550. The zero-order valence-electron chi connectivity index (χ0n) is 18.3. The molecule has 0 aliphatic heterocycles. The van der Waals surface area contributed by atoms with Gasteiger partial charge in [-0.05, 0) is 77.1 Å². The summed E-state index contributed by atoms with van der Waals surface area (Å²) in [5.41, 5.74) is 1.40. The lowest BCUT2D eigenvalue weighted by molar-refractivity contribution is -0.928. The Bertz CT molecular complexity index is 554. The minimum Gasteiger partial charge on any atom is -1.00 e. The van der Waals surface area contributed by atoms with Gasteiger partial charge in [-0.1, -0.05) is 30.2 Å². The molecule has 0 fully saturated rings. The van der Waals surface area contributed by atoms with Gasteiger partial charge in [0.15, 0.2) is 0 Å². The van der Waals surface area contributed by atoms with Gasteiger partial charge < -0.3 is 31.3 Å². The maximum atomic E-state index is 10.6. The quantitative estimate of drug-likeness (QED) is 0.350. The molecule has 5 heteroatoms. The molecule has 0 spiro atoms. The van der Waals surface area contributed by atoms with Gasteiger partial charge in [0.05, 0.1) is 19.6 Å². The maximum Gasteiger partial charge on any atom is 0.137 e. The number of hydrogen-bond donors (Lipinski definition) is 1. The largest absolute Gasteiger partial charge is 1.00 e. The second kappa shape index (κ2) is 14.4. The Morgan fingerprint density at radius 3 is 2.29 bits per heavy atom. The molecule has 162 valence electrons. The average Bonchev–Trinajstić information content (AvgIpc) is 2.64. The Morgan fingerprint density at radius 1 is 1.14 bits per heavy atom. The van der Waals surface area contributed by atoms with E-state index in [-0.39, 0.29) is 17.0 Å². The standard InChI is InChI=1S/C23H39ClNO2.BrH/c1-6-25(7-2,16-15-20(5)10-8-9-19(3)4)17-22(26)18-27-23-13-11-21(24)12-14-23;/h9,11-14,20,22,26H,6-8,10,15-18H2,1-5H3;1H/q+1;/p-1. The molecule has 2 unspecified atom stereocenters. The fourth-order valence-corrected chi connectivity index (χ4v) is 3.53. The first-order valence-electron chi connectivity index (χ1n) is 10.3. The van der Waals surface area contributed by atoms with E-state index >= 15 is 0 Å². The minimum atomic E-state index is -0.471. The van der Waals surface area contributed by atoms with Gasteiger partial charge in [-0.15, -0.1) is 0 Å². The topological polar surface area (TPSA) is 29.5 Å². The molecule has 1 aromatic carbocycles. The Balaban J connectivity index is 0.00000729. The Morgan fingerprint density at radius 2 is 1.75 bits per heavy atom. The number of benzene rings is 1. The van der Waals surface area contributed by atoms with Crippen LogP contribution >= 0.6 is 11.6 Å². The average molecular weight is 477 g/mol. The van der Waals surface area contributed by atoms with Gasteiger partial charge in [0.25, 0.3) is 0 Å². The molecule has 0 amide bonds. The number of halogens is 2. The van der Waals surface area contributed by atoms with Crippen molar-refractivity contribution in [3.8, 4) is 5.75 Å².